The normalized spacial score (nSPS) is 18.6. The lowest BCUT2D eigenvalue weighted by atomic mass is 9.87. The minimum atomic E-state index is 0.180. The van der Waals surface area contributed by atoms with Gasteiger partial charge in [0, 0.05) is 39.7 Å². The first-order valence-corrected chi connectivity index (χ1v) is 10.5. The fourth-order valence-electron chi connectivity index (χ4n) is 3.39. The van der Waals surface area contributed by atoms with Gasteiger partial charge >= 0.3 is 0 Å². The molecule has 0 radical (unpaired) electrons. The van der Waals surface area contributed by atoms with Crippen molar-refractivity contribution in [3.63, 3.8) is 0 Å². The average Bonchev–Trinajstić information content (AvgIpc) is 3.46. The van der Waals surface area contributed by atoms with Crippen molar-refractivity contribution in [2.24, 2.45) is 16.8 Å². The van der Waals surface area contributed by atoms with Crippen molar-refractivity contribution in [2.45, 2.75) is 58.3 Å². The van der Waals surface area contributed by atoms with E-state index in [0.717, 1.165) is 38.2 Å². The van der Waals surface area contributed by atoms with Gasteiger partial charge in [-0.3, -0.25) is 9.79 Å². The zero-order valence-electron chi connectivity index (χ0n) is 16.8. The highest BCUT2D eigenvalue weighted by Gasteiger charge is 2.21. The Balaban J connectivity index is 1.60. The van der Waals surface area contributed by atoms with Crippen LogP contribution in [0.2, 0.25) is 0 Å². The molecular weight excluding hydrogens is 328 g/mol. The van der Waals surface area contributed by atoms with E-state index in [4.69, 9.17) is 4.74 Å². The van der Waals surface area contributed by atoms with Crippen molar-refractivity contribution in [2.75, 3.05) is 46.4 Å². The smallest absolute Gasteiger partial charge is 0.220 e. The lowest BCUT2D eigenvalue weighted by Crippen LogP contribution is -2.41. The third-order valence-electron chi connectivity index (χ3n) is 5.21. The maximum atomic E-state index is 12.0. The van der Waals surface area contributed by atoms with Crippen molar-refractivity contribution in [1.82, 2.24) is 15.5 Å². The van der Waals surface area contributed by atoms with Crippen molar-refractivity contribution in [1.29, 1.82) is 0 Å². The molecule has 0 heterocycles. The molecule has 2 rings (SSSR count). The number of guanidine groups is 1. The van der Waals surface area contributed by atoms with Crippen LogP contribution in [-0.4, -0.2) is 63.2 Å². The minimum absolute atomic E-state index is 0.180. The molecule has 0 spiro atoms. The average molecular weight is 367 g/mol. The predicted octanol–water partition coefficient (Wildman–Crippen LogP) is 2.40. The van der Waals surface area contributed by atoms with Crippen molar-refractivity contribution < 1.29 is 9.53 Å². The van der Waals surface area contributed by atoms with E-state index in [9.17, 15) is 4.79 Å². The largest absolute Gasteiger partial charge is 0.379 e. The molecule has 1 amide bonds. The van der Waals surface area contributed by atoms with Gasteiger partial charge in [0.15, 0.2) is 5.96 Å². The van der Waals surface area contributed by atoms with Crippen LogP contribution >= 0.6 is 0 Å². The fourth-order valence-corrected chi connectivity index (χ4v) is 3.39. The van der Waals surface area contributed by atoms with E-state index in [-0.39, 0.29) is 5.91 Å². The maximum Gasteiger partial charge on any atom is 0.220 e. The van der Waals surface area contributed by atoms with Crippen molar-refractivity contribution in [3.8, 4) is 0 Å². The van der Waals surface area contributed by atoms with Crippen LogP contribution in [0.15, 0.2) is 4.99 Å². The standard InChI is InChI=1S/C20H38N4O2/c1-3-21-20(24(2)13-14-26-16-18-9-10-18)23-12-11-22-19(25)15-17-7-5-4-6-8-17/h17-18H,3-16H2,1-2H3,(H,21,23)(H,22,25). The van der Waals surface area contributed by atoms with Crippen LogP contribution in [0, 0.1) is 11.8 Å². The SMILES string of the molecule is CCNC(=NCCNC(=O)CC1CCCCC1)N(C)CCOCC1CC1. The quantitative estimate of drug-likeness (QED) is 0.335. The summed E-state index contributed by atoms with van der Waals surface area (Å²) in [7, 11) is 2.03. The number of nitrogens with zero attached hydrogens (tertiary/aromatic N) is 2. The number of amides is 1. The maximum absolute atomic E-state index is 12.0. The molecule has 2 fully saturated rings. The third-order valence-corrected chi connectivity index (χ3v) is 5.21. The summed E-state index contributed by atoms with van der Waals surface area (Å²) in [6.45, 7) is 6.56. The van der Waals surface area contributed by atoms with Gasteiger partial charge in [-0.1, -0.05) is 19.3 Å². The lowest BCUT2D eigenvalue weighted by Gasteiger charge is -2.22. The highest BCUT2D eigenvalue weighted by Crippen LogP contribution is 2.28. The van der Waals surface area contributed by atoms with E-state index < -0.39 is 0 Å². The zero-order valence-corrected chi connectivity index (χ0v) is 16.8. The Morgan fingerprint density at radius 2 is 1.88 bits per heavy atom. The van der Waals surface area contributed by atoms with Gasteiger partial charge in [-0.05, 0) is 44.4 Å². The van der Waals surface area contributed by atoms with Gasteiger partial charge in [-0.2, -0.15) is 0 Å². The lowest BCUT2D eigenvalue weighted by molar-refractivity contribution is -0.122. The summed E-state index contributed by atoms with van der Waals surface area (Å²) in [6, 6.07) is 0. The molecular formula is C20H38N4O2. The molecule has 2 aliphatic rings. The number of likely N-dealkylation sites (N-methyl/N-ethyl adjacent to an activating group) is 1. The second-order valence-corrected chi connectivity index (χ2v) is 7.73. The number of carbonyl (C=O) groups excluding carboxylic acids is 1. The second-order valence-electron chi connectivity index (χ2n) is 7.73. The second kappa shape index (κ2) is 12.2. The monoisotopic (exact) mass is 366 g/mol. The van der Waals surface area contributed by atoms with Gasteiger partial charge in [0.25, 0.3) is 0 Å². The van der Waals surface area contributed by atoms with E-state index in [1.165, 1.54) is 44.9 Å². The third kappa shape index (κ3) is 8.88. The molecule has 6 heteroatoms. The van der Waals surface area contributed by atoms with Gasteiger partial charge < -0.3 is 20.3 Å². The molecule has 0 aliphatic heterocycles. The first kappa shape index (κ1) is 21.0. The summed E-state index contributed by atoms with van der Waals surface area (Å²) in [4.78, 5) is 18.8. The number of carbonyl (C=O) groups is 1. The molecule has 0 aromatic carbocycles. The molecule has 150 valence electrons. The number of nitrogens with one attached hydrogen (secondary N) is 2. The topological polar surface area (TPSA) is 66.0 Å². The molecule has 0 aromatic heterocycles. The Morgan fingerprint density at radius 1 is 1.12 bits per heavy atom. The summed E-state index contributed by atoms with van der Waals surface area (Å²) < 4.78 is 5.70. The Hall–Kier alpha value is -1.30. The number of hydrogen-bond acceptors (Lipinski definition) is 3. The highest BCUT2D eigenvalue weighted by molar-refractivity contribution is 5.79. The van der Waals surface area contributed by atoms with Crippen LogP contribution in [-0.2, 0) is 9.53 Å². The Morgan fingerprint density at radius 3 is 2.58 bits per heavy atom. The van der Waals surface area contributed by atoms with E-state index in [1.54, 1.807) is 0 Å². The molecule has 6 nitrogen and oxygen atoms in total. The van der Waals surface area contributed by atoms with E-state index in [1.807, 2.05) is 7.05 Å². The van der Waals surface area contributed by atoms with Crippen LogP contribution in [0.4, 0.5) is 0 Å². The van der Waals surface area contributed by atoms with Crippen LogP contribution in [0.1, 0.15) is 58.3 Å². The van der Waals surface area contributed by atoms with Crippen LogP contribution in [0.3, 0.4) is 0 Å². The summed E-state index contributed by atoms with van der Waals surface area (Å²) in [5.41, 5.74) is 0. The molecule has 0 atom stereocenters. The first-order valence-electron chi connectivity index (χ1n) is 10.5. The van der Waals surface area contributed by atoms with E-state index >= 15 is 0 Å². The fraction of sp³-hybridized carbons (Fsp3) is 0.900. The van der Waals surface area contributed by atoms with Crippen LogP contribution in [0.25, 0.3) is 0 Å². The van der Waals surface area contributed by atoms with Gasteiger partial charge in [0.05, 0.1) is 13.2 Å². The molecule has 2 saturated carbocycles. The highest BCUT2D eigenvalue weighted by atomic mass is 16.5. The molecule has 0 unspecified atom stereocenters. The molecule has 0 bridgehead atoms. The van der Waals surface area contributed by atoms with E-state index in [2.05, 4.69) is 27.4 Å². The number of rotatable bonds is 11. The Kier molecular flexibility index (Phi) is 9.82. The Labute approximate surface area is 159 Å². The molecule has 2 N–H and O–H groups in total. The predicted molar refractivity (Wildman–Crippen MR) is 106 cm³/mol. The van der Waals surface area contributed by atoms with Crippen molar-refractivity contribution in [3.05, 3.63) is 0 Å². The first-order chi connectivity index (χ1) is 12.7. The molecule has 2 aliphatic carbocycles. The number of aliphatic imine (C=N–C) groups is 1. The number of hydrogen-bond donors (Lipinski definition) is 2. The number of ether oxygens (including phenoxy) is 1. The summed E-state index contributed by atoms with van der Waals surface area (Å²) >= 11 is 0. The molecule has 0 saturated heterocycles. The summed E-state index contributed by atoms with van der Waals surface area (Å²) in [6.07, 6.45) is 9.66. The van der Waals surface area contributed by atoms with Gasteiger partial charge in [-0.25, -0.2) is 0 Å². The zero-order chi connectivity index (χ0) is 18.6. The summed E-state index contributed by atoms with van der Waals surface area (Å²) in [5, 5.41) is 6.33. The molecule has 26 heavy (non-hydrogen) atoms. The summed E-state index contributed by atoms with van der Waals surface area (Å²) in [5.74, 6) is 2.45. The Bertz CT molecular complexity index is 432. The van der Waals surface area contributed by atoms with Crippen LogP contribution in [0.5, 0.6) is 0 Å². The van der Waals surface area contributed by atoms with Crippen molar-refractivity contribution >= 4 is 11.9 Å². The van der Waals surface area contributed by atoms with Crippen LogP contribution < -0.4 is 10.6 Å². The van der Waals surface area contributed by atoms with Gasteiger partial charge in [0.2, 0.25) is 5.91 Å². The van der Waals surface area contributed by atoms with E-state index in [0.29, 0.717) is 25.4 Å². The van der Waals surface area contributed by atoms with Gasteiger partial charge in [0.1, 0.15) is 0 Å². The van der Waals surface area contributed by atoms with Gasteiger partial charge in [-0.15, -0.1) is 0 Å². The molecule has 0 aromatic rings. The minimum Gasteiger partial charge on any atom is -0.379 e.